The van der Waals surface area contributed by atoms with Gasteiger partial charge in [0.2, 0.25) is 0 Å². The van der Waals surface area contributed by atoms with Gasteiger partial charge in [-0.3, -0.25) is 0 Å². The molecular weight excluding hydrogens is 231 g/mol. The molecule has 0 aliphatic rings. The van der Waals surface area contributed by atoms with E-state index in [1.807, 2.05) is 6.07 Å². The first-order chi connectivity index (χ1) is 8.72. The van der Waals surface area contributed by atoms with Crippen LogP contribution < -0.4 is 5.32 Å². The van der Waals surface area contributed by atoms with E-state index in [9.17, 15) is 4.39 Å². The molecule has 0 aliphatic carbocycles. The van der Waals surface area contributed by atoms with Crippen molar-refractivity contribution in [2.75, 3.05) is 5.32 Å². The maximum atomic E-state index is 13.1. The lowest BCUT2D eigenvalue weighted by atomic mass is 10.2. The lowest BCUT2D eigenvalue weighted by Crippen LogP contribution is -1.95. The Balaban J connectivity index is 2.29. The van der Waals surface area contributed by atoms with Crippen molar-refractivity contribution in [1.82, 2.24) is 4.98 Å². The highest BCUT2D eigenvalue weighted by Crippen LogP contribution is 2.18. The minimum Gasteiger partial charge on any atom is -0.340 e. The van der Waals surface area contributed by atoms with Gasteiger partial charge in [-0.25, -0.2) is 9.37 Å². The van der Waals surface area contributed by atoms with Gasteiger partial charge in [-0.1, -0.05) is 0 Å². The van der Waals surface area contributed by atoms with Crippen molar-refractivity contribution in [1.29, 1.82) is 10.5 Å². The molecule has 1 aromatic carbocycles. The lowest BCUT2D eigenvalue weighted by molar-refractivity contribution is 0.624. The second kappa shape index (κ2) is 4.94. The first kappa shape index (κ1) is 11.6. The number of hydrogen-bond acceptors (Lipinski definition) is 4. The van der Waals surface area contributed by atoms with Gasteiger partial charge in [0, 0.05) is 11.9 Å². The molecule has 1 aromatic heterocycles. The second-order valence-electron chi connectivity index (χ2n) is 3.47. The molecule has 2 aromatic rings. The Hall–Kier alpha value is -2.92. The number of anilines is 2. The standard InChI is InChI=1S/C13H7FN4/c14-12-2-1-11(6-10(12)8-16)18-13-5-9(7-15)3-4-17-13/h1-6H,(H,17,18). The summed E-state index contributed by atoms with van der Waals surface area (Å²) in [5, 5.41) is 20.4. The summed E-state index contributed by atoms with van der Waals surface area (Å²) < 4.78 is 13.1. The van der Waals surface area contributed by atoms with E-state index in [-0.39, 0.29) is 5.56 Å². The number of aromatic nitrogens is 1. The summed E-state index contributed by atoms with van der Waals surface area (Å²) in [5.41, 5.74) is 0.960. The molecule has 1 heterocycles. The Morgan fingerprint density at radius 3 is 2.67 bits per heavy atom. The molecule has 0 spiro atoms. The van der Waals surface area contributed by atoms with Gasteiger partial charge in [0.15, 0.2) is 0 Å². The second-order valence-corrected chi connectivity index (χ2v) is 3.47. The summed E-state index contributed by atoms with van der Waals surface area (Å²) in [5.74, 6) is -0.105. The van der Waals surface area contributed by atoms with Gasteiger partial charge < -0.3 is 5.32 Å². The fourth-order valence-electron chi connectivity index (χ4n) is 1.41. The van der Waals surface area contributed by atoms with Crippen LogP contribution in [-0.2, 0) is 0 Å². The SMILES string of the molecule is N#Cc1ccnc(Nc2ccc(F)c(C#N)c2)c1. The van der Waals surface area contributed by atoms with E-state index in [1.54, 1.807) is 18.2 Å². The third-order valence-electron chi connectivity index (χ3n) is 2.25. The molecule has 0 amide bonds. The zero-order valence-corrected chi connectivity index (χ0v) is 9.18. The van der Waals surface area contributed by atoms with Crippen molar-refractivity contribution in [3.63, 3.8) is 0 Å². The summed E-state index contributed by atoms with van der Waals surface area (Å²) in [6.07, 6.45) is 1.50. The third kappa shape index (κ3) is 2.42. The Morgan fingerprint density at radius 2 is 1.94 bits per heavy atom. The highest BCUT2D eigenvalue weighted by atomic mass is 19.1. The monoisotopic (exact) mass is 238 g/mol. The summed E-state index contributed by atoms with van der Waals surface area (Å²) >= 11 is 0. The van der Waals surface area contributed by atoms with Crippen LogP contribution >= 0.6 is 0 Å². The van der Waals surface area contributed by atoms with Crippen LogP contribution in [0.3, 0.4) is 0 Å². The molecule has 2 rings (SSSR count). The third-order valence-corrected chi connectivity index (χ3v) is 2.25. The minimum atomic E-state index is -0.568. The first-order valence-corrected chi connectivity index (χ1v) is 5.06. The summed E-state index contributed by atoms with van der Waals surface area (Å²) in [6, 6.07) is 11.0. The van der Waals surface area contributed by atoms with Crippen molar-refractivity contribution in [3.8, 4) is 12.1 Å². The van der Waals surface area contributed by atoms with Gasteiger partial charge in [0.1, 0.15) is 17.7 Å². The maximum Gasteiger partial charge on any atom is 0.141 e. The molecule has 4 nitrogen and oxygen atoms in total. The molecule has 86 valence electrons. The van der Waals surface area contributed by atoms with Crippen LogP contribution in [0.15, 0.2) is 36.5 Å². The maximum absolute atomic E-state index is 13.1. The van der Waals surface area contributed by atoms with Gasteiger partial charge in [0.25, 0.3) is 0 Å². The number of halogens is 1. The van der Waals surface area contributed by atoms with Crippen LogP contribution in [0, 0.1) is 28.5 Å². The molecule has 0 saturated carbocycles. The largest absolute Gasteiger partial charge is 0.340 e. The van der Waals surface area contributed by atoms with E-state index in [1.165, 1.54) is 24.4 Å². The Morgan fingerprint density at radius 1 is 1.11 bits per heavy atom. The van der Waals surface area contributed by atoms with Crippen LogP contribution in [0.4, 0.5) is 15.9 Å². The van der Waals surface area contributed by atoms with E-state index in [4.69, 9.17) is 10.5 Å². The Bertz CT molecular complexity index is 667. The molecule has 5 heteroatoms. The number of nitrogens with zero attached hydrogens (tertiary/aromatic N) is 3. The quantitative estimate of drug-likeness (QED) is 0.872. The summed E-state index contributed by atoms with van der Waals surface area (Å²) in [4.78, 5) is 4.02. The molecule has 18 heavy (non-hydrogen) atoms. The first-order valence-electron chi connectivity index (χ1n) is 5.06. The fourth-order valence-corrected chi connectivity index (χ4v) is 1.41. The number of rotatable bonds is 2. The Labute approximate surface area is 103 Å². The smallest absolute Gasteiger partial charge is 0.141 e. The summed E-state index contributed by atoms with van der Waals surface area (Å²) in [7, 11) is 0. The number of benzene rings is 1. The average Bonchev–Trinajstić information content (AvgIpc) is 2.41. The van der Waals surface area contributed by atoms with Crippen molar-refractivity contribution in [2.24, 2.45) is 0 Å². The molecule has 0 bridgehead atoms. The number of pyridine rings is 1. The number of hydrogen-bond donors (Lipinski definition) is 1. The highest BCUT2D eigenvalue weighted by Gasteiger charge is 2.03. The van der Waals surface area contributed by atoms with Crippen LogP contribution in [0.2, 0.25) is 0 Å². The van der Waals surface area contributed by atoms with Gasteiger partial charge in [0.05, 0.1) is 17.2 Å². The number of nitriles is 2. The van der Waals surface area contributed by atoms with Gasteiger partial charge in [-0.15, -0.1) is 0 Å². The normalized spacial score (nSPS) is 9.28. The highest BCUT2D eigenvalue weighted by molar-refractivity contribution is 5.59. The molecule has 0 fully saturated rings. The van der Waals surface area contributed by atoms with E-state index >= 15 is 0 Å². The fraction of sp³-hybridized carbons (Fsp3) is 0. The van der Waals surface area contributed by atoms with Crippen molar-refractivity contribution < 1.29 is 4.39 Å². The molecule has 1 N–H and O–H groups in total. The van der Waals surface area contributed by atoms with E-state index in [2.05, 4.69) is 10.3 Å². The average molecular weight is 238 g/mol. The zero-order valence-electron chi connectivity index (χ0n) is 9.18. The molecule has 0 radical (unpaired) electrons. The van der Waals surface area contributed by atoms with Gasteiger partial charge >= 0.3 is 0 Å². The Kier molecular flexibility index (Phi) is 3.17. The van der Waals surface area contributed by atoms with E-state index < -0.39 is 5.82 Å². The zero-order chi connectivity index (χ0) is 13.0. The molecular formula is C13H7FN4. The van der Waals surface area contributed by atoms with E-state index in [0.29, 0.717) is 17.1 Å². The van der Waals surface area contributed by atoms with Gasteiger partial charge in [-0.05, 0) is 30.3 Å². The van der Waals surface area contributed by atoms with Crippen molar-refractivity contribution >= 4 is 11.5 Å². The van der Waals surface area contributed by atoms with Crippen LogP contribution in [0.1, 0.15) is 11.1 Å². The summed E-state index contributed by atoms with van der Waals surface area (Å²) in [6.45, 7) is 0. The molecule has 0 unspecified atom stereocenters. The number of nitrogens with one attached hydrogen (secondary N) is 1. The van der Waals surface area contributed by atoms with Crippen molar-refractivity contribution in [3.05, 3.63) is 53.5 Å². The predicted molar refractivity (Wildman–Crippen MR) is 63.3 cm³/mol. The van der Waals surface area contributed by atoms with Crippen LogP contribution in [0.5, 0.6) is 0 Å². The molecule has 0 saturated heterocycles. The topological polar surface area (TPSA) is 72.5 Å². The molecule has 0 aliphatic heterocycles. The van der Waals surface area contributed by atoms with Crippen LogP contribution in [0.25, 0.3) is 0 Å². The molecule has 0 atom stereocenters. The van der Waals surface area contributed by atoms with Crippen molar-refractivity contribution in [2.45, 2.75) is 0 Å². The lowest BCUT2D eigenvalue weighted by Gasteiger charge is -2.06. The van der Waals surface area contributed by atoms with E-state index in [0.717, 1.165) is 0 Å². The van der Waals surface area contributed by atoms with Gasteiger partial charge in [-0.2, -0.15) is 10.5 Å². The minimum absolute atomic E-state index is 0.0450. The predicted octanol–water partition coefficient (Wildman–Crippen LogP) is 2.71. The van der Waals surface area contributed by atoms with Crippen LogP contribution in [-0.4, -0.2) is 4.98 Å².